The molecule has 0 unspecified atom stereocenters. The Labute approximate surface area is 131 Å². The molecule has 1 aliphatic rings. The highest BCUT2D eigenvalue weighted by atomic mass is 16.5. The Morgan fingerprint density at radius 3 is 2.64 bits per heavy atom. The second kappa shape index (κ2) is 6.65. The van der Waals surface area contributed by atoms with Gasteiger partial charge in [0.25, 0.3) is 5.91 Å². The number of aryl methyl sites for hydroxylation is 1. The van der Waals surface area contributed by atoms with E-state index < -0.39 is 6.10 Å². The quantitative estimate of drug-likeness (QED) is 0.926. The average Bonchev–Trinajstić information content (AvgIpc) is 2.56. The van der Waals surface area contributed by atoms with Crippen molar-refractivity contribution >= 4 is 11.6 Å². The first-order valence-electron chi connectivity index (χ1n) is 7.87. The van der Waals surface area contributed by atoms with Gasteiger partial charge in [-0.2, -0.15) is 0 Å². The molecule has 1 N–H and O–H groups in total. The molecular formula is C19H21NO2. The van der Waals surface area contributed by atoms with Crippen LogP contribution in [0, 0.1) is 0 Å². The second-order valence-electron chi connectivity index (χ2n) is 5.71. The standard InChI is InChI=1S/C19H21NO2/c1-14(22-16-10-3-2-4-11-16)19(21)20-18-13-7-9-15-8-5-6-12-17(15)18/h2-4,7,9-11,13-14H,5-6,8,12H2,1H3,(H,20,21)/t14-/m1/s1. The van der Waals surface area contributed by atoms with E-state index in [1.54, 1.807) is 6.92 Å². The van der Waals surface area contributed by atoms with Gasteiger partial charge < -0.3 is 10.1 Å². The van der Waals surface area contributed by atoms with Crippen LogP contribution in [0.5, 0.6) is 5.75 Å². The number of carbonyl (C=O) groups is 1. The molecule has 3 heteroatoms. The van der Waals surface area contributed by atoms with Gasteiger partial charge in [0.2, 0.25) is 0 Å². The zero-order valence-corrected chi connectivity index (χ0v) is 12.8. The molecule has 2 aromatic carbocycles. The van der Waals surface area contributed by atoms with Gasteiger partial charge in [-0.3, -0.25) is 4.79 Å². The third kappa shape index (κ3) is 3.30. The summed E-state index contributed by atoms with van der Waals surface area (Å²) in [5.41, 5.74) is 3.58. The molecule has 0 saturated carbocycles. The molecule has 0 radical (unpaired) electrons. The van der Waals surface area contributed by atoms with Crippen LogP contribution < -0.4 is 10.1 Å². The highest BCUT2D eigenvalue weighted by molar-refractivity contribution is 5.95. The number of anilines is 1. The first kappa shape index (κ1) is 14.6. The van der Waals surface area contributed by atoms with Crippen molar-refractivity contribution < 1.29 is 9.53 Å². The van der Waals surface area contributed by atoms with Gasteiger partial charge in [-0.15, -0.1) is 0 Å². The van der Waals surface area contributed by atoms with Gasteiger partial charge in [-0.05, 0) is 61.9 Å². The minimum atomic E-state index is -0.526. The summed E-state index contributed by atoms with van der Waals surface area (Å²) in [5, 5.41) is 3.03. The van der Waals surface area contributed by atoms with Crippen molar-refractivity contribution in [3.63, 3.8) is 0 Å². The van der Waals surface area contributed by atoms with Gasteiger partial charge in [0.15, 0.2) is 6.10 Å². The van der Waals surface area contributed by atoms with E-state index in [1.165, 1.54) is 24.0 Å². The van der Waals surface area contributed by atoms with Gasteiger partial charge in [0, 0.05) is 5.69 Å². The molecule has 114 valence electrons. The van der Waals surface area contributed by atoms with Crippen molar-refractivity contribution in [1.29, 1.82) is 0 Å². The Morgan fingerprint density at radius 1 is 1.05 bits per heavy atom. The maximum atomic E-state index is 12.4. The zero-order valence-electron chi connectivity index (χ0n) is 12.8. The lowest BCUT2D eigenvalue weighted by Crippen LogP contribution is -2.30. The van der Waals surface area contributed by atoms with Crippen LogP contribution in [0.2, 0.25) is 0 Å². The van der Waals surface area contributed by atoms with Crippen molar-refractivity contribution in [2.75, 3.05) is 5.32 Å². The van der Waals surface area contributed by atoms with E-state index in [9.17, 15) is 4.79 Å². The molecule has 3 rings (SSSR count). The largest absolute Gasteiger partial charge is 0.481 e. The number of benzene rings is 2. The highest BCUT2D eigenvalue weighted by Gasteiger charge is 2.18. The molecule has 22 heavy (non-hydrogen) atoms. The summed E-state index contributed by atoms with van der Waals surface area (Å²) in [6.07, 6.45) is 4.05. The van der Waals surface area contributed by atoms with Crippen LogP contribution in [-0.4, -0.2) is 12.0 Å². The van der Waals surface area contributed by atoms with Gasteiger partial charge in [-0.25, -0.2) is 0 Å². The fourth-order valence-electron chi connectivity index (χ4n) is 2.89. The Kier molecular flexibility index (Phi) is 4.42. The van der Waals surface area contributed by atoms with Gasteiger partial charge in [0.05, 0.1) is 0 Å². The van der Waals surface area contributed by atoms with Gasteiger partial charge >= 0.3 is 0 Å². The molecule has 0 aromatic heterocycles. The fraction of sp³-hybridized carbons (Fsp3) is 0.316. The van der Waals surface area contributed by atoms with E-state index in [0.717, 1.165) is 18.5 Å². The average molecular weight is 295 g/mol. The van der Waals surface area contributed by atoms with Gasteiger partial charge in [0.1, 0.15) is 5.75 Å². The van der Waals surface area contributed by atoms with Crippen LogP contribution in [0.15, 0.2) is 48.5 Å². The number of rotatable bonds is 4. The number of carbonyl (C=O) groups excluding carboxylic acids is 1. The molecule has 1 amide bonds. The lowest BCUT2D eigenvalue weighted by molar-refractivity contribution is -0.122. The Morgan fingerprint density at radius 2 is 1.82 bits per heavy atom. The normalized spacial score (nSPS) is 14.8. The summed E-state index contributed by atoms with van der Waals surface area (Å²) in [4.78, 5) is 12.4. The first-order valence-corrected chi connectivity index (χ1v) is 7.87. The number of hydrogen-bond acceptors (Lipinski definition) is 2. The lowest BCUT2D eigenvalue weighted by Gasteiger charge is -2.21. The molecule has 0 aliphatic heterocycles. The van der Waals surface area contributed by atoms with E-state index in [0.29, 0.717) is 5.75 Å². The summed E-state index contributed by atoms with van der Waals surface area (Å²) in [7, 11) is 0. The molecule has 2 aromatic rings. The number of ether oxygens (including phenoxy) is 1. The summed E-state index contributed by atoms with van der Waals surface area (Å²) >= 11 is 0. The molecule has 0 spiro atoms. The topological polar surface area (TPSA) is 38.3 Å². The molecular weight excluding hydrogens is 274 g/mol. The highest BCUT2D eigenvalue weighted by Crippen LogP contribution is 2.28. The van der Waals surface area contributed by atoms with Crippen LogP contribution >= 0.6 is 0 Å². The minimum Gasteiger partial charge on any atom is -0.481 e. The number of nitrogens with one attached hydrogen (secondary N) is 1. The molecule has 1 aliphatic carbocycles. The minimum absolute atomic E-state index is 0.108. The van der Waals surface area contributed by atoms with Crippen LogP contribution in [-0.2, 0) is 17.6 Å². The smallest absolute Gasteiger partial charge is 0.265 e. The third-order valence-corrected chi connectivity index (χ3v) is 4.08. The van der Waals surface area contributed by atoms with E-state index in [4.69, 9.17) is 4.74 Å². The number of amides is 1. The summed E-state index contributed by atoms with van der Waals surface area (Å²) in [6, 6.07) is 15.6. The van der Waals surface area contributed by atoms with Crippen LogP contribution in [0.1, 0.15) is 30.9 Å². The van der Waals surface area contributed by atoms with E-state index in [1.807, 2.05) is 42.5 Å². The van der Waals surface area contributed by atoms with Crippen molar-refractivity contribution in [3.8, 4) is 5.75 Å². The SMILES string of the molecule is C[C@@H](Oc1ccccc1)C(=O)Nc1cccc2c1CCCC2. The number of hydrogen-bond donors (Lipinski definition) is 1. The Hall–Kier alpha value is -2.29. The lowest BCUT2D eigenvalue weighted by atomic mass is 9.90. The monoisotopic (exact) mass is 295 g/mol. The van der Waals surface area contributed by atoms with Crippen LogP contribution in [0.4, 0.5) is 5.69 Å². The molecule has 0 fully saturated rings. The van der Waals surface area contributed by atoms with Crippen LogP contribution in [0.25, 0.3) is 0 Å². The van der Waals surface area contributed by atoms with E-state index in [2.05, 4.69) is 11.4 Å². The van der Waals surface area contributed by atoms with Crippen molar-refractivity contribution in [1.82, 2.24) is 0 Å². The maximum absolute atomic E-state index is 12.4. The van der Waals surface area contributed by atoms with Gasteiger partial charge in [-0.1, -0.05) is 30.3 Å². The zero-order chi connectivity index (χ0) is 15.4. The summed E-state index contributed by atoms with van der Waals surface area (Å²) < 4.78 is 5.68. The second-order valence-corrected chi connectivity index (χ2v) is 5.71. The number of fused-ring (bicyclic) bond motifs is 1. The van der Waals surface area contributed by atoms with Crippen LogP contribution in [0.3, 0.4) is 0 Å². The molecule has 0 bridgehead atoms. The molecule has 1 atom stereocenters. The first-order chi connectivity index (χ1) is 10.7. The van der Waals surface area contributed by atoms with Crippen molar-refractivity contribution in [2.24, 2.45) is 0 Å². The number of para-hydroxylation sites is 1. The third-order valence-electron chi connectivity index (χ3n) is 4.08. The predicted molar refractivity (Wildman–Crippen MR) is 88.2 cm³/mol. The predicted octanol–water partition coefficient (Wildman–Crippen LogP) is 3.97. The van der Waals surface area contributed by atoms with E-state index >= 15 is 0 Å². The fourth-order valence-corrected chi connectivity index (χ4v) is 2.89. The summed E-state index contributed by atoms with van der Waals surface area (Å²) in [5.74, 6) is 0.600. The summed E-state index contributed by atoms with van der Waals surface area (Å²) in [6.45, 7) is 1.78. The maximum Gasteiger partial charge on any atom is 0.265 e. The van der Waals surface area contributed by atoms with E-state index in [-0.39, 0.29) is 5.91 Å². The molecule has 0 saturated heterocycles. The van der Waals surface area contributed by atoms with Crippen molar-refractivity contribution in [3.05, 3.63) is 59.7 Å². The molecule has 0 heterocycles. The Balaban J connectivity index is 1.69. The Bertz CT molecular complexity index is 652. The van der Waals surface area contributed by atoms with Crippen molar-refractivity contribution in [2.45, 2.75) is 38.7 Å². The molecule has 3 nitrogen and oxygen atoms in total.